The first-order chi connectivity index (χ1) is 29.0. The molecule has 0 atom stereocenters. The SMILES string of the molecule is CC1(C)c2ccccc2-c2c(-c3cccc(-c4cccc5c6ccccc6n(-c6nc(C7=CCCC=C7)nc(-c7ccc8c(c7)oc7ccccc78)n6)c45)c3)cccc21. The van der Waals surface area contributed by atoms with Crippen molar-refractivity contribution in [1.29, 1.82) is 0 Å². The molecule has 2 aliphatic carbocycles. The standard InChI is InChI=1S/C54H38N4O/c1-54(2)44-25-9-6-21-43(44)49-37(22-14-26-45(49)54)34-17-12-18-35(31-34)38-23-13-24-42-39-19-7-10-27-46(39)58(50(38)42)53-56-51(33-15-4-3-5-16-33)55-52(57-53)36-29-30-41-40-20-8-11-28-47(40)59-48(41)32-36/h4,6-32H,3,5H2,1-2H3. The number of aromatic nitrogens is 4. The Kier molecular flexibility index (Phi) is 7.33. The van der Waals surface area contributed by atoms with Crippen molar-refractivity contribution in [2.45, 2.75) is 32.1 Å². The predicted octanol–water partition coefficient (Wildman–Crippen LogP) is 13.9. The summed E-state index contributed by atoms with van der Waals surface area (Å²) in [6.45, 7) is 4.68. The number of para-hydroxylation sites is 3. The molecule has 7 aromatic carbocycles. The molecule has 0 fully saturated rings. The van der Waals surface area contributed by atoms with Crippen LogP contribution in [-0.4, -0.2) is 19.5 Å². The topological polar surface area (TPSA) is 56.7 Å². The molecule has 3 aromatic heterocycles. The van der Waals surface area contributed by atoms with E-state index in [0.29, 0.717) is 17.6 Å². The minimum atomic E-state index is -0.0738. The normalized spacial score (nSPS) is 14.3. The van der Waals surface area contributed by atoms with Crippen molar-refractivity contribution in [1.82, 2.24) is 19.5 Å². The van der Waals surface area contributed by atoms with Crippen LogP contribution in [0.3, 0.4) is 0 Å². The van der Waals surface area contributed by atoms with E-state index in [4.69, 9.17) is 19.4 Å². The molecule has 12 rings (SSSR count). The van der Waals surface area contributed by atoms with Gasteiger partial charge >= 0.3 is 0 Å². The monoisotopic (exact) mass is 758 g/mol. The fraction of sp³-hybridized carbons (Fsp3) is 0.0926. The maximum Gasteiger partial charge on any atom is 0.238 e. The zero-order chi connectivity index (χ0) is 39.2. The van der Waals surface area contributed by atoms with E-state index in [-0.39, 0.29) is 5.41 Å². The van der Waals surface area contributed by atoms with Gasteiger partial charge in [-0.15, -0.1) is 0 Å². The third-order valence-electron chi connectivity index (χ3n) is 12.5. The van der Waals surface area contributed by atoms with Crippen LogP contribution in [0.5, 0.6) is 0 Å². The number of benzene rings is 7. The van der Waals surface area contributed by atoms with Gasteiger partial charge in [0.2, 0.25) is 5.95 Å². The van der Waals surface area contributed by atoms with Crippen LogP contribution in [0.2, 0.25) is 0 Å². The molecule has 280 valence electrons. The van der Waals surface area contributed by atoms with Crippen LogP contribution < -0.4 is 0 Å². The lowest BCUT2D eigenvalue weighted by Gasteiger charge is -2.21. The van der Waals surface area contributed by atoms with E-state index in [2.05, 4.69) is 170 Å². The van der Waals surface area contributed by atoms with Crippen molar-refractivity contribution < 1.29 is 4.42 Å². The number of hydrogen-bond acceptors (Lipinski definition) is 4. The van der Waals surface area contributed by atoms with Gasteiger partial charge in [0.25, 0.3) is 0 Å². The summed E-state index contributed by atoms with van der Waals surface area (Å²) in [4.78, 5) is 15.8. The van der Waals surface area contributed by atoms with Crippen molar-refractivity contribution in [3.05, 3.63) is 187 Å². The zero-order valence-corrected chi connectivity index (χ0v) is 32.8. The maximum absolute atomic E-state index is 6.34. The van der Waals surface area contributed by atoms with Gasteiger partial charge in [0.1, 0.15) is 11.2 Å². The fourth-order valence-corrected chi connectivity index (χ4v) is 9.68. The lowest BCUT2D eigenvalue weighted by Crippen LogP contribution is -2.14. The molecule has 5 nitrogen and oxygen atoms in total. The summed E-state index contributed by atoms with van der Waals surface area (Å²) in [6.07, 6.45) is 8.51. The molecule has 5 heteroatoms. The van der Waals surface area contributed by atoms with Crippen LogP contribution in [0.25, 0.3) is 100 Å². The Morgan fingerprint density at radius 1 is 0.525 bits per heavy atom. The summed E-state index contributed by atoms with van der Waals surface area (Å²) in [5.74, 6) is 1.82. The van der Waals surface area contributed by atoms with E-state index in [0.717, 1.165) is 78.8 Å². The molecule has 0 amide bonds. The molecule has 0 aliphatic heterocycles. The lowest BCUT2D eigenvalue weighted by atomic mass is 9.82. The van der Waals surface area contributed by atoms with Crippen molar-refractivity contribution in [3.63, 3.8) is 0 Å². The highest BCUT2D eigenvalue weighted by atomic mass is 16.3. The second-order valence-corrected chi connectivity index (χ2v) is 16.3. The molecule has 10 aromatic rings. The second kappa shape index (κ2) is 12.8. The molecular weight excluding hydrogens is 721 g/mol. The largest absolute Gasteiger partial charge is 0.456 e. The molecule has 0 saturated carbocycles. The Bertz CT molecular complexity index is 3430. The summed E-state index contributed by atoms with van der Waals surface area (Å²) in [5.41, 5.74) is 15.6. The van der Waals surface area contributed by atoms with E-state index >= 15 is 0 Å². The summed E-state index contributed by atoms with van der Waals surface area (Å²) in [6, 6.07) is 54.3. The van der Waals surface area contributed by atoms with Crippen LogP contribution in [0.15, 0.2) is 174 Å². The first kappa shape index (κ1) is 33.7. The molecule has 3 heterocycles. The fourth-order valence-electron chi connectivity index (χ4n) is 9.68. The van der Waals surface area contributed by atoms with Gasteiger partial charge in [-0.3, -0.25) is 4.57 Å². The first-order valence-electron chi connectivity index (χ1n) is 20.4. The maximum atomic E-state index is 6.34. The highest BCUT2D eigenvalue weighted by Crippen LogP contribution is 2.52. The second-order valence-electron chi connectivity index (χ2n) is 16.3. The summed E-state index contributed by atoms with van der Waals surface area (Å²) < 4.78 is 8.58. The van der Waals surface area contributed by atoms with Gasteiger partial charge in [-0.25, -0.2) is 4.98 Å². The van der Waals surface area contributed by atoms with E-state index in [1.165, 1.54) is 33.4 Å². The predicted molar refractivity (Wildman–Crippen MR) is 242 cm³/mol. The van der Waals surface area contributed by atoms with Gasteiger partial charge in [0.05, 0.1) is 11.0 Å². The van der Waals surface area contributed by atoms with Crippen molar-refractivity contribution in [3.8, 4) is 50.7 Å². The first-order valence-corrected chi connectivity index (χ1v) is 20.4. The average Bonchev–Trinajstić information content (AvgIpc) is 3.92. The number of fused-ring (bicyclic) bond motifs is 9. The van der Waals surface area contributed by atoms with Gasteiger partial charge in [0.15, 0.2) is 11.6 Å². The van der Waals surface area contributed by atoms with Crippen LogP contribution in [0.1, 0.15) is 43.6 Å². The average molecular weight is 759 g/mol. The Balaban J connectivity index is 1.08. The smallest absolute Gasteiger partial charge is 0.238 e. The minimum Gasteiger partial charge on any atom is -0.456 e. The molecule has 0 unspecified atom stereocenters. The van der Waals surface area contributed by atoms with Crippen molar-refractivity contribution in [2.24, 2.45) is 0 Å². The molecular formula is C54H38N4O. The highest BCUT2D eigenvalue weighted by molar-refractivity contribution is 6.14. The van der Waals surface area contributed by atoms with Crippen molar-refractivity contribution in [2.75, 3.05) is 0 Å². The molecule has 0 N–H and O–H groups in total. The summed E-state index contributed by atoms with van der Waals surface area (Å²) >= 11 is 0. The van der Waals surface area contributed by atoms with E-state index in [9.17, 15) is 0 Å². The molecule has 0 spiro atoms. The van der Waals surface area contributed by atoms with Gasteiger partial charge in [-0.05, 0) is 82.1 Å². The van der Waals surface area contributed by atoms with Gasteiger partial charge < -0.3 is 4.42 Å². The van der Waals surface area contributed by atoms with Crippen molar-refractivity contribution >= 4 is 49.3 Å². The quantitative estimate of drug-likeness (QED) is 0.175. The third kappa shape index (κ3) is 5.14. The Labute approximate surface area is 341 Å². The third-order valence-corrected chi connectivity index (χ3v) is 12.5. The Morgan fingerprint density at radius 3 is 2.12 bits per heavy atom. The summed E-state index contributed by atoms with van der Waals surface area (Å²) in [5, 5.41) is 4.45. The van der Waals surface area contributed by atoms with E-state index in [1.54, 1.807) is 0 Å². The van der Waals surface area contributed by atoms with E-state index in [1.807, 2.05) is 18.2 Å². The zero-order valence-electron chi connectivity index (χ0n) is 32.8. The number of furan rings is 1. The molecule has 0 radical (unpaired) electrons. The van der Waals surface area contributed by atoms with E-state index < -0.39 is 0 Å². The molecule has 0 bridgehead atoms. The van der Waals surface area contributed by atoms with Gasteiger partial charge in [-0.1, -0.05) is 153 Å². The summed E-state index contributed by atoms with van der Waals surface area (Å²) in [7, 11) is 0. The number of nitrogens with zero attached hydrogens (tertiary/aromatic N) is 4. The number of allylic oxidation sites excluding steroid dienone is 4. The molecule has 59 heavy (non-hydrogen) atoms. The molecule has 0 saturated heterocycles. The van der Waals surface area contributed by atoms with Crippen LogP contribution in [0, 0.1) is 0 Å². The van der Waals surface area contributed by atoms with Crippen LogP contribution in [-0.2, 0) is 5.41 Å². The highest BCUT2D eigenvalue weighted by Gasteiger charge is 2.36. The van der Waals surface area contributed by atoms with Crippen LogP contribution in [0.4, 0.5) is 0 Å². The Hall–Kier alpha value is -7.37. The van der Waals surface area contributed by atoms with Crippen LogP contribution >= 0.6 is 0 Å². The Morgan fingerprint density at radius 2 is 1.22 bits per heavy atom. The number of hydrogen-bond donors (Lipinski definition) is 0. The lowest BCUT2D eigenvalue weighted by molar-refractivity contribution is 0.660. The van der Waals surface area contributed by atoms with Gasteiger partial charge in [0, 0.05) is 43.7 Å². The molecule has 2 aliphatic rings. The minimum absolute atomic E-state index is 0.0738. The van der Waals surface area contributed by atoms with Gasteiger partial charge in [-0.2, -0.15) is 9.97 Å². The number of rotatable bonds is 5.